The summed E-state index contributed by atoms with van der Waals surface area (Å²) in [7, 11) is 0. The molecule has 6 nitrogen and oxygen atoms in total. The van der Waals surface area contributed by atoms with E-state index in [1.165, 1.54) is 23.2 Å². The normalized spacial score (nSPS) is 10.9. The van der Waals surface area contributed by atoms with Crippen LogP contribution in [-0.4, -0.2) is 4.98 Å². The van der Waals surface area contributed by atoms with Gasteiger partial charge in [0.25, 0.3) is 0 Å². The number of hydrogen-bond acceptors (Lipinski definition) is 6. The van der Waals surface area contributed by atoms with Crippen molar-refractivity contribution in [3.05, 3.63) is 66.1 Å². The zero-order valence-electron chi connectivity index (χ0n) is 13.7. The van der Waals surface area contributed by atoms with Gasteiger partial charge in [-0.25, -0.2) is 5.84 Å². The molecule has 0 amide bonds. The molecule has 1 aromatic heterocycles. The van der Waals surface area contributed by atoms with E-state index in [0.29, 0.717) is 5.56 Å². The van der Waals surface area contributed by atoms with Gasteiger partial charge in [0.2, 0.25) is 0 Å². The molecule has 0 atom stereocenters. The van der Waals surface area contributed by atoms with Gasteiger partial charge in [-0.15, -0.1) is 0 Å². The fourth-order valence-corrected chi connectivity index (χ4v) is 3.32. The number of benzene rings is 2. The van der Waals surface area contributed by atoms with Crippen molar-refractivity contribution in [2.75, 3.05) is 9.73 Å². The van der Waals surface area contributed by atoms with Gasteiger partial charge in [-0.05, 0) is 48.7 Å². The number of aromatic amines is 1. The molecular formula is C18H18N6S. The first-order chi connectivity index (χ1) is 12.1. The molecule has 7 heteroatoms. The summed E-state index contributed by atoms with van der Waals surface area (Å²) >= 11 is 1.47. The molecule has 6 N–H and O–H groups in total. The van der Waals surface area contributed by atoms with Crippen LogP contribution >= 0.6 is 11.9 Å². The van der Waals surface area contributed by atoms with E-state index in [2.05, 4.69) is 15.8 Å². The van der Waals surface area contributed by atoms with E-state index in [-0.39, 0.29) is 0 Å². The predicted octanol–water partition coefficient (Wildman–Crippen LogP) is 3.58. The topological polar surface area (TPSA) is 107 Å². The van der Waals surface area contributed by atoms with E-state index >= 15 is 0 Å². The highest BCUT2D eigenvalue weighted by Crippen LogP contribution is 2.32. The standard InChI is InChI=1S/C18H18N6S/c1-12-5-6-16(18-17(12)13(10-20)11-22-18)23-25-15-4-2-3-14(9-15)24(21)8-7-19/h2-9,11,22-23H,19,21H2,1H3/b8-7-. The second kappa shape index (κ2) is 7.21. The van der Waals surface area contributed by atoms with E-state index in [4.69, 9.17) is 11.6 Å². The second-order valence-corrected chi connectivity index (χ2v) is 6.32. The molecule has 0 bridgehead atoms. The van der Waals surface area contributed by atoms with Crippen molar-refractivity contribution in [3.63, 3.8) is 0 Å². The number of nitrogens with two attached hydrogens (primary N) is 2. The Morgan fingerprint density at radius 3 is 2.92 bits per heavy atom. The number of rotatable bonds is 5. The third-order valence-electron chi connectivity index (χ3n) is 3.81. The largest absolute Gasteiger partial charge is 0.403 e. The van der Waals surface area contributed by atoms with Crippen LogP contribution in [0.5, 0.6) is 0 Å². The molecule has 0 spiro atoms. The number of hydrogen-bond donors (Lipinski definition) is 4. The van der Waals surface area contributed by atoms with Crippen molar-refractivity contribution < 1.29 is 0 Å². The molecule has 0 aliphatic carbocycles. The maximum Gasteiger partial charge on any atom is 0.101 e. The SMILES string of the molecule is Cc1ccc(NSc2cccc(N(N)/C=C\N)c2)c2[nH]cc(C#N)c12. The summed E-state index contributed by atoms with van der Waals surface area (Å²) in [6.07, 6.45) is 4.71. The maximum absolute atomic E-state index is 9.25. The monoisotopic (exact) mass is 350 g/mol. The Hall–Kier alpha value is -3.08. The number of aromatic nitrogens is 1. The van der Waals surface area contributed by atoms with Crippen LogP contribution in [0.1, 0.15) is 11.1 Å². The molecule has 0 saturated carbocycles. The summed E-state index contributed by atoms with van der Waals surface area (Å²) in [5, 5.41) is 11.7. The van der Waals surface area contributed by atoms with Crippen LogP contribution in [-0.2, 0) is 0 Å². The Balaban J connectivity index is 1.84. The predicted molar refractivity (Wildman–Crippen MR) is 104 cm³/mol. The summed E-state index contributed by atoms with van der Waals surface area (Å²) in [5.74, 6) is 5.89. The summed E-state index contributed by atoms with van der Waals surface area (Å²) < 4.78 is 3.34. The number of fused-ring (bicyclic) bond motifs is 1. The van der Waals surface area contributed by atoms with Crippen LogP contribution in [0.25, 0.3) is 10.9 Å². The minimum absolute atomic E-state index is 0.649. The zero-order valence-corrected chi connectivity index (χ0v) is 14.5. The summed E-state index contributed by atoms with van der Waals surface area (Å²) in [5.41, 5.74) is 9.76. The quantitative estimate of drug-likeness (QED) is 0.318. The molecule has 0 aliphatic rings. The van der Waals surface area contributed by atoms with Gasteiger partial charge < -0.3 is 15.4 Å². The Kier molecular flexibility index (Phi) is 4.84. The number of H-pyrrole nitrogens is 1. The van der Waals surface area contributed by atoms with Crippen molar-refractivity contribution in [3.8, 4) is 6.07 Å². The fourth-order valence-electron chi connectivity index (χ4n) is 2.59. The van der Waals surface area contributed by atoms with E-state index in [0.717, 1.165) is 32.7 Å². The third kappa shape index (κ3) is 3.40. The van der Waals surface area contributed by atoms with E-state index in [1.807, 2.05) is 43.3 Å². The average molecular weight is 350 g/mol. The Morgan fingerprint density at radius 2 is 2.16 bits per heavy atom. The number of nitriles is 1. The first-order valence-corrected chi connectivity index (χ1v) is 8.41. The Bertz CT molecular complexity index is 969. The van der Waals surface area contributed by atoms with Crippen molar-refractivity contribution >= 4 is 34.2 Å². The highest BCUT2D eigenvalue weighted by molar-refractivity contribution is 8.00. The van der Waals surface area contributed by atoms with Crippen LogP contribution in [0.15, 0.2) is 59.9 Å². The van der Waals surface area contributed by atoms with Crippen LogP contribution in [0.3, 0.4) is 0 Å². The molecule has 2 aromatic carbocycles. The summed E-state index contributed by atoms with van der Waals surface area (Å²) in [6, 6.07) is 14.0. The van der Waals surface area contributed by atoms with Crippen LogP contribution in [0, 0.1) is 18.3 Å². The number of aryl methyl sites for hydroxylation is 1. The maximum atomic E-state index is 9.25. The smallest absolute Gasteiger partial charge is 0.101 e. The molecule has 0 unspecified atom stereocenters. The minimum Gasteiger partial charge on any atom is -0.403 e. The highest BCUT2D eigenvalue weighted by atomic mass is 32.2. The molecule has 25 heavy (non-hydrogen) atoms. The molecule has 0 radical (unpaired) electrons. The van der Waals surface area contributed by atoms with Crippen molar-refractivity contribution in [2.45, 2.75) is 11.8 Å². The molecule has 3 rings (SSSR count). The lowest BCUT2D eigenvalue weighted by Gasteiger charge is -2.14. The molecular weight excluding hydrogens is 332 g/mol. The molecule has 0 fully saturated rings. The van der Waals surface area contributed by atoms with Gasteiger partial charge in [0.15, 0.2) is 0 Å². The molecule has 3 aromatic rings. The summed E-state index contributed by atoms with van der Waals surface area (Å²) in [6.45, 7) is 2.00. The Labute approximate surface area is 150 Å². The number of nitrogens with one attached hydrogen (secondary N) is 2. The van der Waals surface area contributed by atoms with Crippen molar-refractivity contribution in [1.82, 2.24) is 4.98 Å². The van der Waals surface area contributed by atoms with Gasteiger partial charge in [0.05, 0.1) is 22.5 Å². The number of hydrazine groups is 1. The fraction of sp³-hybridized carbons (Fsp3) is 0.0556. The Morgan fingerprint density at radius 1 is 1.32 bits per heavy atom. The lowest BCUT2D eigenvalue weighted by atomic mass is 10.1. The molecule has 0 saturated heterocycles. The van der Waals surface area contributed by atoms with Gasteiger partial charge >= 0.3 is 0 Å². The second-order valence-electron chi connectivity index (χ2n) is 5.44. The first kappa shape index (κ1) is 16.8. The lowest BCUT2D eigenvalue weighted by Crippen LogP contribution is -2.24. The number of anilines is 2. The zero-order chi connectivity index (χ0) is 17.8. The van der Waals surface area contributed by atoms with E-state index < -0.39 is 0 Å². The van der Waals surface area contributed by atoms with E-state index in [1.54, 1.807) is 12.4 Å². The number of nitrogens with zero attached hydrogens (tertiary/aromatic N) is 2. The first-order valence-electron chi connectivity index (χ1n) is 7.60. The lowest BCUT2D eigenvalue weighted by molar-refractivity contribution is 1.07. The van der Waals surface area contributed by atoms with Gasteiger partial charge in [-0.1, -0.05) is 12.1 Å². The molecule has 1 heterocycles. The summed E-state index contributed by atoms with van der Waals surface area (Å²) in [4.78, 5) is 4.18. The average Bonchev–Trinajstić information content (AvgIpc) is 3.07. The van der Waals surface area contributed by atoms with Gasteiger partial charge in [0.1, 0.15) is 6.07 Å². The van der Waals surface area contributed by atoms with Crippen LogP contribution in [0.2, 0.25) is 0 Å². The van der Waals surface area contributed by atoms with E-state index in [9.17, 15) is 5.26 Å². The third-order valence-corrected chi connectivity index (χ3v) is 4.62. The van der Waals surface area contributed by atoms with Gasteiger partial charge in [-0.3, -0.25) is 5.01 Å². The van der Waals surface area contributed by atoms with Gasteiger partial charge in [0, 0.05) is 28.9 Å². The van der Waals surface area contributed by atoms with Crippen molar-refractivity contribution in [1.29, 1.82) is 5.26 Å². The van der Waals surface area contributed by atoms with Gasteiger partial charge in [-0.2, -0.15) is 5.26 Å². The molecule has 0 aliphatic heterocycles. The van der Waals surface area contributed by atoms with Crippen molar-refractivity contribution in [2.24, 2.45) is 11.6 Å². The molecule has 126 valence electrons. The highest BCUT2D eigenvalue weighted by Gasteiger charge is 2.10. The minimum atomic E-state index is 0.649. The van der Waals surface area contributed by atoms with Crippen LogP contribution < -0.4 is 21.3 Å². The van der Waals surface area contributed by atoms with Crippen LogP contribution in [0.4, 0.5) is 11.4 Å².